The summed E-state index contributed by atoms with van der Waals surface area (Å²) in [6.07, 6.45) is 4.65. The van der Waals surface area contributed by atoms with Crippen molar-refractivity contribution in [1.29, 1.82) is 0 Å². The van der Waals surface area contributed by atoms with Gasteiger partial charge in [-0.1, -0.05) is 0 Å². The normalized spacial score (nSPS) is 11.6. The molecule has 2 N–H and O–H groups in total. The standard InChI is InChI=1S/C17H14FN5.Nb/c1-3-13(6-8-18)23-11(2)21-15-5-4-14(22-17(15)23)12-7-9-20-16(19)10-12;/h3-7,9-10H,1H2,2H3,(H2,19,20);/b13-6+;. The molecule has 0 aliphatic heterocycles. The molecule has 7 heteroatoms. The second-order valence-electron chi connectivity index (χ2n) is 5.10. The molecule has 0 aromatic carbocycles. The summed E-state index contributed by atoms with van der Waals surface area (Å²) >= 11 is 1.01. The molecule has 3 rings (SSSR count). The van der Waals surface area contributed by atoms with E-state index in [1.54, 1.807) is 22.9 Å². The third-order valence-electron chi connectivity index (χ3n) is 3.48. The SMILES string of the molecule is C=C/C(=C\[C](F)=[Nb])n1c(C)nc2ccc(-c3ccnc(N)c3)nc21. The van der Waals surface area contributed by atoms with Crippen LogP contribution in [-0.4, -0.2) is 23.5 Å². The van der Waals surface area contributed by atoms with Crippen molar-refractivity contribution in [3.8, 4) is 11.3 Å². The summed E-state index contributed by atoms with van der Waals surface area (Å²) in [5.74, 6) is 1.14. The second kappa shape index (κ2) is 6.60. The summed E-state index contributed by atoms with van der Waals surface area (Å²) in [6, 6.07) is 7.35. The van der Waals surface area contributed by atoms with E-state index in [4.69, 9.17) is 5.73 Å². The maximum absolute atomic E-state index is 13.4. The number of allylic oxidation sites excluding steroid dienone is 3. The molecule has 0 saturated heterocycles. The number of nitrogens with zero attached hydrogens (tertiary/aromatic N) is 4. The van der Waals surface area contributed by atoms with Crippen LogP contribution in [0.3, 0.4) is 0 Å². The Morgan fingerprint density at radius 3 is 2.79 bits per heavy atom. The Labute approximate surface area is 150 Å². The Morgan fingerprint density at radius 2 is 2.12 bits per heavy atom. The number of rotatable bonds is 4. The van der Waals surface area contributed by atoms with Gasteiger partial charge >= 0.3 is 150 Å². The predicted molar refractivity (Wildman–Crippen MR) is 90.5 cm³/mol. The predicted octanol–water partition coefficient (Wildman–Crippen LogP) is 3.06. The van der Waals surface area contributed by atoms with E-state index >= 15 is 0 Å². The Bertz CT molecular complexity index is 990. The fourth-order valence-corrected chi connectivity index (χ4v) is 2.81. The van der Waals surface area contributed by atoms with Crippen molar-refractivity contribution in [2.75, 3.05) is 5.73 Å². The average Bonchev–Trinajstić information content (AvgIpc) is 2.87. The molecule has 0 aliphatic rings. The molecule has 5 nitrogen and oxygen atoms in total. The molecule has 0 saturated carbocycles. The molecule has 0 amide bonds. The first-order valence-corrected chi connectivity index (χ1v) is 8.23. The zero-order valence-corrected chi connectivity index (χ0v) is 15.1. The van der Waals surface area contributed by atoms with Gasteiger partial charge in [0.2, 0.25) is 0 Å². The molecule has 0 aliphatic carbocycles. The molecule has 0 spiro atoms. The van der Waals surface area contributed by atoms with Gasteiger partial charge < -0.3 is 0 Å². The van der Waals surface area contributed by atoms with Gasteiger partial charge in [-0.25, -0.2) is 0 Å². The van der Waals surface area contributed by atoms with Crippen molar-refractivity contribution in [3.63, 3.8) is 0 Å². The van der Waals surface area contributed by atoms with E-state index in [1.165, 1.54) is 6.08 Å². The maximum atomic E-state index is 13.4. The number of hydrogen-bond acceptors (Lipinski definition) is 4. The third-order valence-corrected chi connectivity index (χ3v) is 3.80. The molecular weight excluding hydrogens is 386 g/mol. The number of pyridine rings is 2. The van der Waals surface area contributed by atoms with E-state index < -0.39 is 0 Å². The van der Waals surface area contributed by atoms with Gasteiger partial charge in [0, 0.05) is 0 Å². The Hall–Kier alpha value is -2.41. The number of halogens is 1. The summed E-state index contributed by atoms with van der Waals surface area (Å²) in [4.78, 5) is 13.2. The number of aryl methyl sites for hydroxylation is 1. The van der Waals surface area contributed by atoms with Gasteiger partial charge in [0.15, 0.2) is 0 Å². The molecule has 3 heterocycles. The van der Waals surface area contributed by atoms with E-state index in [-0.39, 0.29) is 3.98 Å². The molecule has 0 radical (unpaired) electrons. The first-order valence-electron chi connectivity index (χ1n) is 7.13. The van der Waals surface area contributed by atoms with Gasteiger partial charge in [0.1, 0.15) is 0 Å². The molecular formula is C17H14FN5Nb. The van der Waals surface area contributed by atoms with E-state index in [1.807, 2.05) is 25.1 Å². The van der Waals surface area contributed by atoms with E-state index in [2.05, 4.69) is 21.5 Å². The van der Waals surface area contributed by atoms with Crippen molar-refractivity contribution >= 4 is 26.7 Å². The zero-order chi connectivity index (χ0) is 17.3. The van der Waals surface area contributed by atoms with Crippen molar-refractivity contribution in [2.24, 2.45) is 0 Å². The Balaban J connectivity index is 2.24. The second-order valence-corrected chi connectivity index (χ2v) is 6.15. The van der Waals surface area contributed by atoms with Gasteiger partial charge in [0.05, 0.1) is 0 Å². The molecule has 0 unspecified atom stereocenters. The summed E-state index contributed by atoms with van der Waals surface area (Å²) in [5, 5.41) is 0. The van der Waals surface area contributed by atoms with E-state index in [9.17, 15) is 4.39 Å². The van der Waals surface area contributed by atoms with Gasteiger partial charge in [-0.05, 0) is 0 Å². The monoisotopic (exact) mass is 400 g/mol. The minimum absolute atomic E-state index is 0.266. The van der Waals surface area contributed by atoms with Crippen LogP contribution in [0.2, 0.25) is 0 Å². The molecule has 0 bridgehead atoms. The van der Waals surface area contributed by atoms with E-state index in [0.717, 1.165) is 37.4 Å². The topological polar surface area (TPSA) is 69.6 Å². The summed E-state index contributed by atoms with van der Waals surface area (Å²) in [5.41, 5.74) is 9.30. The van der Waals surface area contributed by atoms with Crippen molar-refractivity contribution in [2.45, 2.75) is 6.92 Å². The van der Waals surface area contributed by atoms with E-state index in [0.29, 0.717) is 23.0 Å². The van der Waals surface area contributed by atoms with Crippen molar-refractivity contribution in [1.82, 2.24) is 19.5 Å². The quantitative estimate of drug-likeness (QED) is 0.540. The molecule has 3 aromatic rings. The third kappa shape index (κ3) is 3.12. The van der Waals surface area contributed by atoms with Crippen LogP contribution in [0.15, 0.2) is 49.2 Å². The summed E-state index contributed by atoms with van der Waals surface area (Å²) in [6.45, 7) is 5.61. The van der Waals surface area contributed by atoms with Crippen LogP contribution in [0, 0.1) is 6.92 Å². The van der Waals surface area contributed by atoms with Crippen LogP contribution in [0.25, 0.3) is 28.1 Å². The number of fused-ring (bicyclic) bond motifs is 1. The first-order chi connectivity index (χ1) is 11.5. The van der Waals surface area contributed by atoms with Crippen LogP contribution >= 0.6 is 0 Å². The number of imidazole rings is 1. The number of nitrogen functional groups attached to an aromatic ring is 1. The zero-order valence-electron chi connectivity index (χ0n) is 12.9. The Kier molecular flexibility index (Phi) is 4.53. The molecule has 24 heavy (non-hydrogen) atoms. The van der Waals surface area contributed by atoms with Gasteiger partial charge in [-0.3, -0.25) is 0 Å². The molecule has 0 atom stereocenters. The number of hydrogen-bond donors (Lipinski definition) is 1. The van der Waals surface area contributed by atoms with Crippen LogP contribution in [0.1, 0.15) is 5.82 Å². The van der Waals surface area contributed by atoms with Gasteiger partial charge in [-0.2, -0.15) is 0 Å². The molecule has 3 aromatic heterocycles. The fraction of sp³-hybridized carbons (Fsp3) is 0.0588. The number of aromatic nitrogens is 4. The molecule has 0 fully saturated rings. The summed E-state index contributed by atoms with van der Waals surface area (Å²) in [7, 11) is 0. The first kappa shape index (κ1) is 16.4. The fourth-order valence-electron chi connectivity index (χ4n) is 2.48. The number of nitrogens with two attached hydrogens (primary N) is 1. The van der Waals surface area contributed by atoms with Gasteiger partial charge in [-0.15, -0.1) is 0 Å². The Morgan fingerprint density at radius 1 is 1.33 bits per heavy atom. The van der Waals surface area contributed by atoms with Crippen LogP contribution in [-0.2, 0) is 20.6 Å². The van der Waals surface area contributed by atoms with Gasteiger partial charge in [0.25, 0.3) is 0 Å². The van der Waals surface area contributed by atoms with Crippen LogP contribution in [0.4, 0.5) is 10.2 Å². The average molecular weight is 400 g/mol. The minimum atomic E-state index is -0.266. The number of anilines is 1. The van der Waals surface area contributed by atoms with Crippen LogP contribution < -0.4 is 5.73 Å². The summed E-state index contributed by atoms with van der Waals surface area (Å²) < 4.78 is 14.9. The van der Waals surface area contributed by atoms with Crippen molar-refractivity contribution < 1.29 is 25.0 Å². The molecule has 119 valence electrons. The van der Waals surface area contributed by atoms with Crippen molar-refractivity contribution in [3.05, 3.63) is 55.0 Å². The van der Waals surface area contributed by atoms with Crippen LogP contribution in [0.5, 0.6) is 0 Å².